The fraction of sp³-hybridized carbons (Fsp3) is 0.250. The minimum absolute atomic E-state index is 0.0798. The summed E-state index contributed by atoms with van der Waals surface area (Å²) in [5, 5.41) is 14.3. The maximum atomic E-state index is 10.1. The van der Waals surface area contributed by atoms with Crippen molar-refractivity contribution >= 4 is 5.82 Å². The number of anilines is 1. The minimum Gasteiger partial charge on any atom is -0.504 e. The second kappa shape index (κ2) is 4.01. The topological polar surface area (TPSA) is 73.3 Å². The Labute approximate surface area is 99.4 Å². The first-order valence-corrected chi connectivity index (χ1v) is 5.20. The molecule has 2 rings (SSSR count). The van der Waals surface area contributed by atoms with Gasteiger partial charge in [-0.15, -0.1) is 0 Å². The number of nitrogen functional groups attached to an aromatic ring is 1. The Morgan fingerprint density at radius 2 is 2.06 bits per heavy atom. The summed E-state index contributed by atoms with van der Waals surface area (Å²) in [4.78, 5) is 0. The van der Waals surface area contributed by atoms with Gasteiger partial charge in [0.05, 0.1) is 12.8 Å². The van der Waals surface area contributed by atoms with Gasteiger partial charge in [0, 0.05) is 18.7 Å². The second-order valence-corrected chi connectivity index (χ2v) is 3.94. The quantitative estimate of drug-likeness (QED) is 0.827. The first-order valence-electron chi connectivity index (χ1n) is 5.20. The summed E-state index contributed by atoms with van der Waals surface area (Å²) in [6, 6.07) is 5.33. The van der Waals surface area contributed by atoms with E-state index in [0.29, 0.717) is 22.8 Å². The van der Waals surface area contributed by atoms with Crippen LogP contribution in [0.15, 0.2) is 18.2 Å². The number of benzene rings is 1. The molecule has 0 radical (unpaired) electrons. The van der Waals surface area contributed by atoms with Crippen LogP contribution in [0.5, 0.6) is 11.5 Å². The third kappa shape index (κ3) is 1.91. The van der Waals surface area contributed by atoms with Gasteiger partial charge >= 0.3 is 0 Å². The van der Waals surface area contributed by atoms with E-state index in [1.807, 2.05) is 13.0 Å². The van der Waals surface area contributed by atoms with Gasteiger partial charge in [0.15, 0.2) is 11.5 Å². The predicted octanol–water partition coefficient (Wildman–Crippen LogP) is 1.69. The van der Waals surface area contributed by atoms with Crippen molar-refractivity contribution in [2.45, 2.75) is 6.92 Å². The highest BCUT2D eigenvalue weighted by Gasteiger charge is 2.14. The Bertz CT molecular complexity index is 542. The number of hydrogen-bond acceptors (Lipinski definition) is 4. The van der Waals surface area contributed by atoms with Crippen LogP contribution in [0.3, 0.4) is 0 Å². The zero-order chi connectivity index (χ0) is 12.6. The monoisotopic (exact) mass is 233 g/mol. The summed E-state index contributed by atoms with van der Waals surface area (Å²) in [7, 11) is 3.27. The van der Waals surface area contributed by atoms with Crippen LogP contribution in [0.4, 0.5) is 5.82 Å². The van der Waals surface area contributed by atoms with Crippen LogP contribution in [0.1, 0.15) is 5.56 Å². The molecule has 3 N–H and O–H groups in total. The molecule has 0 saturated carbocycles. The molecule has 1 heterocycles. The molecule has 0 amide bonds. The Morgan fingerprint density at radius 3 is 2.59 bits per heavy atom. The number of aromatic hydroxyl groups is 1. The number of aromatic nitrogens is 2. The van der Waals surface area contributed by atoms with Gasteiger partial charge in [-0.3, -0.25) is 4.68 Å². The summed E-state index contributed by atoms with van der Waals surface area (Å²) < 4.78 is 6.67. The summed E-state index contributed by atoms with van der Waals surface area (Å²) in [5.74, 6) is 1.06. The van der Waals surface area contributed by atoms with E-state index < -0.39 is 0 Å². The van der Waals surface area contributed by atoms with Crippen LogP contribution in [0.25, 0.3) is 11.3 Å². The van der Waals surface area contributed by atoms with E-state index >= 15 is 0 Å². The van der Waals surface area contributed by atoms with Crippen molar-refractivity contribution < 1.29 is 9.84 Å². The van der Waals surface area contributed by atoms with Gasteiger partial charge in [-0.2, -0.15) is 5.10 Å². The van der Waals surface area contributed by atoms with E-state index in [0.717, 1.165) is 5.56 Å². The predicted molar refractivity (Wildman–Crippen MR) is 66.0 cm³/mol. The average Bonchev–Trinajstić information content (AvgIpc) is 2.62. The molecule has 0 saturated heterocycles. The van der Waals surface area contributed by atoms with E-state index in [1.54, 1.807) is 23.9 Å². The van der Waals surface area contributed by atoms with Crippen molar-refractivity contribution in [3.05, 3.63) is 23.8 Å². The first kappa shape index (κ1) is 11.3. The molecule has 0 aliphatic rings. The van der Waals surface area contributed by atoms with Crippen molar-refractivity contribution in [3.8, 4) is 22.8 Å². The molecule has 0 aliphatic carbocycles. The van der Waals surface area contributed by atoms with E-state index in [2.05, 4.69) is 5.10 Å². The van der Waals surface area contributed by atoms with Crippen molar-refractivity contribution in [2.75, 3.05) is 12.8 Å². The molecule has 5 nitrogen and oxygen atoms in total. The van der Waals surface area contributed by atoms with Gasteiger partial charge in [0.25, 0.3) is 0 Å². The van der Waals surface area contributed by atoms with Crippen molar-refractivity contribution in [1.29, 1.82) is 0 Å². The molecular weight excluding hydrogens is 218 g/mol. The standard InChI is InChI=1S/C12H15N3O2/c1-7-4-8(12(16)10(5-7)17-3)9-6-11(13)15(2)14-9/h4-6,16H,13H2,1-3H3. The number of ether oxygens (including phenoxy) is 1. The molecule has 0 spiro atoms. The van der Waals surface area contributed by atoms with Gasteiger partial charge in [0.1, 0.15) is 5.82 Å². The largest absolute Gasteiger partial charge is 0.504 e. The Kier molecular flexibility index (Phi) is 2.67. The summed E-state index contributed by atoms with van der Waals surface area (Å²) >= 11 is 0. The van der Waals surface area contributed by atoms with Gasteiger partial charge < -0.3 is 15.6 Å². The van der Waals surface area contributed by atoms with Gasteiger partial charge in [-0.1, -0.05) is 0 Å². The molecule has 0 fully saturated rings. The highest BCUT2D eigenvalue weighted by molar-refractivity contribution is 5.73. The Morgan fingerprint density at radius 1 is 1.35 bits per heavy atom. The number of nitrogens with two attached hydrogens (primary N) is 1. The number of methoxy groups -OCH3 is 1. The normalized spacial score (nSPS) is 10.5. The highest BCUT2D eigenvalue weighted by Crippen LogP contribution is 2.37. The molecule has 2 aromatic rings. The zero-order valence-corrected chi connectivity index (χ0v) is 10.1. The minimum atomic E-state index is 0.0798. The number of hydrogen-bond donors (Lipinski definition) is 2. The molecule has 1 aromatic carbocycles. The average molecular weight is 233 g/mol. The lowest BCUT2D eigenvalue weighted by Gasteiger charge is -2.08. The molecule has 5 heteroatoms. The first-order chi connectivity index (χ1) is 8.02. The van der Waals surface area contributed by atoms with Crippen LogP contribution in [-0.2, 0) is 7.05 Å². The lowest BCUT2D eigenvalue weighted by Crippen LogP contribution is -1.96. The summed E-state index contributed by atoms with van der Waals surface area (Å²) in [5.41, 5.74) is 7.96. The molecule has 0 atom stereocenters. The van der Waals surface area contributed by atoms with Crippen LogP contribution in [0.2, 0.25) is 0 Å². The maximum absolute atomic E-state index is 10.1. The number of phenols is 1. The highest BCUT2D eigenvalue weighted by atomic mass is 16.5. The van der Waals surface area contributed by atoms with Crippen molar-refractivity contribution in [2.24, 2.45) is 7.05 Å². The molecule has 0 aliphatic heterocycles. The fourth-order valence-electron chi connectivity index (χ4n) is 1.71. The smallest absolute Gasteiger partial charge is 0.167 e. The van der Waals surface area contributed by atoms with Gasteiger partial charge in [-0.05, 0) is 24.6 Å². The van der Waals surface area contributed by atoms with Gasteiger partial charge in [-0.25, -0.2) is 0 Å². The Hall–Kier alpha value is -2.17. The van der Waals surface area contributed by atoms with Crippen LogP contribution >= 0.6 is 0 Å². The third-order valence-electron chi connectivity index (χ3n) is 2.63. The van der Waals surface area contributed by atoms with Crippen LogP contribution in [0, 0.1) is 6.92 Å². The number of aryl methyl sites for hydroxylation is 2. The van der Waals surface area contributed by atoms with E-state index in [9.17, 15) is 5.11 Å². The summed E-state index contributed by atoms with van der Waals surface area (Å²) in [6.45, 7) is 1.93. The lowest BCUT2D eigenvalue weighted by molar-refractivity contribution is 0.374. The van der Waals surface area contributed by atoms with E-state index in [-0.39, 0.29) is 5.75 Å². The third-order valence-corrected chi connectivity index (χ3v) is 2.63. The summed E-state index contributed by atoms with van der Waals surface area (Å²) in [6.07, 6.45) is 0. The van der Waals surface area contributed by atoms with E-state index in [1.165, 1.54) is 7.11 Å². The molecule has 90 valence electrons. The van der Waals surface area contributed by atoms with Gasteiger partial charge in [0.2, 0.25) is 0 Å². The Balaban J connectivity index is 2.62. The number of phenolic OH excluding ortho intramolecular Hbond substituents is 1. The fourth-order valence-corrected chi connectivity index (χ4v) is 1.71. The van der Waals surface area contributed by atoms with Crippen molar-refractivity contribution in [3.63, 3.8) is 0 Å². The van der Waals surface area contributed by atoms with Crippen molar-refractivity contribution in [1.82, 2.24) is 9.78 Å². The molecule has 17 heavy (non-hydrogen) atoms. The second-order valence-electron chi connectivity index (χ2n) is 3.94. The maximum Gasteiger partial charge on any atom is 0.167 e. The van der Waals surface area contributed by atoms with Crippen LogP contribution < -0.4 is 10.5 Å². The SMILES string of the molecule is COc1cc(C)cc(-c2cc(N)n(C)n2)c1O. The number of nitrogens with zero attached hydrogens (tertiary/aromatic N) is 2. The number of rotatable bonds is 2. The molecule has 0 bridgehead atoms. The molecular formula is C12H15N3O2. The molecule has 1 aromatic heterocycles. The molecule has 0 unspecified atom stereocenters. The van der Waals surface area contributed by atoms with Crippen LogP contribution in [-0.4, -0.2) is 22.0 Å². The van der Waals surface area contributed by atoms with E-state index in [4.69, 9.17) is 10.5 Å². The lowest BCUT2D eigenvalue weighted by atomic mass is 10.1. The zero-order valence-electron chi connectivity index (χ0n) is 10.1.